The average molecular weight is 349 g/mol. The zero-order valence-corrected chi connectivity index (χ0v) is 13.3. The Morgan fingerprint density at radius 2 is 1.96 bits per heavy atom. The number of anilines is 1. The van der Waals surface area contributed by atoms with Crippen molar-refractivity contribution in [2.45, 2.75) is 26.2 Å². The molecule has 0 spiro atoms. The molecule has 8 heteroatoms. The van der Waals surface area contributed by atoms with E-state index < -0.39 is 28.9 Å². The summed E-state index contributed by atoms with van der Waals surface area (Å²) in [4.78, 5) is 12.2. The molecule has 1 aliphatic heterocycles. The zero-order chi connectivity index (χ0) is 17.2. The van der Waals surface area contributed by atoms with E-state index in [0.29, 0.717) is 23.0 Å². The van der Waals surface area contributed by atoms with Gasteiger partial charge in [-0.2, -0.15) is 13.2 Å². The largest absolute Gasteiger partial charge is 0.461 e. The molecule has 0 bridgehead atoms. The molecule has 0 fully saturated rings. The summed E-state index contributed by atoms with van der Waals surface area (Å²) in [5, 5.41) is 0. The number of nitrogens with zero attached hydrogens (tertiary/aromatic N) is 1. The van der Waals surface area contributed by atoms with Gasteiger partial charge in [-0.1, -0.05) is 23.9 Å². The number of carbonyl (C=O) groups excluding carboxylic acids is 1. The molecular weight excluding hydrogens is 334 g/mol. The van der Waals surface area contributed by atoms with Crippen molar-refractivity contribution in [1.82, 2.24) is 0 Å². The van der Waals surface area contributed by atoms with E-state index in [1.54, 1.807) is 0 Å². The van der Waals surface area contributed by atoms with Gasteiger partial charge in [-0.25, -0.2) is 9.18 Å². The van der Waals surface area contributed by atoms with E-state index in [1.807, 2.05) is 0 Å². The molecule has 1 aromatic rings. The van der Waals surface area contributed by atoms with Crippen molar-refractivity contribution in [3.05, 3.63) is 40.4 Å². The predicted molar refractivity (Wildman–Crippen MR) is 80.6 cm³/mol. The lowest BCUT2D eigenvalue weighted by Gasteiger charge is -2.21. The fraction of sp³-hybridized carbons (Fsp3) is 0.400. The molecule has 1 aliphatic rings. The third kappa shape index (κ3) is 3.80. The topological polar surface area (TPSA) is 29.5 Å². The van der Waals surface area contributed by atoms with Crippen LogP contribution in [0, 0.1) is 0 Å². The molecule has 0 aromatic heterocycles. The lowest BCUT2D eigenvalue weighted by atomic mass is 10.1. The van der Waals surface area contributed by atoms with Crippen LogP contribution in [0.25, 0.3) is 0 Å². The number of alkyl halides is 4. The van der Waals surface area contributed by atoms with Gasteiger partial charge in [0.2, 0.25) is 0 Å². The molecule has 0 amide bonds. The summed E-state index contributed by atoms with van der Waals surface area (Å²) in [6, 6.07) is 5.95. The van der Waals surface area contributed by atoms with Crippen LogP contribution in [0.15, 0.2) is 34.9 Å². The number of thioether (sulfide) groups is 1. The second kappa shape index (κ2) is 6.82. The maximum atomic E-state index is 13.2. The second-order valence-corrected chi connectivity index (χ2v) is 5.76. The molecule has 0 saturated heterocycles. The Balaban J connectivity index is 2.41. The van der Waals surface area contributed by atoms with Crippen molar-refractivity contribution in [3.8, 4) is 0 Å². The Kier molecular flexibility index (Phi) is 5.23. The summed E-state index contributed by atoms with van der Waals surface area (Å²) >= 11 is 0.531. The van der Waals surface area contributed by atoms with Gasteiger partial charge in [0, 0.05) is 5.69 Å². The van der Waals surface area contributed by atoms with Gasteiger partial charge in [-0.05, 0) is 31.5 Å². The first-order chi connectivity index (χ1) is 10.8. The van der Waals surface area contributed by atoms with Crippen molar-refractivity contribution in [2.24, 2.45) is 0 Å². The maximum absolute atomic E-state index is 13.2. The standard InChI is InChI=1S/C15H15F4NO2S/c1-3-22-14(21)12-13(15(17,18)19)23-8-20(12)11-6-4-10(5-7-11)9(2)16/h4-7,9H,3,8H2,1-2H3. The third-order valence-electron chi connectivity index (χ3n) is 3.21. The maximum Gasteiger partial charge on any atom is 0.424 e. The monoisotopic (exact) mass is 349 g/mol. The average Bonchev–Trinajstić information content (AvgIpc) is 2.92. The number of halogens is 4. The minimum Gasteiger partial charge on any atom is -0.461 e. The summed E-state index contributed by atoms with van der Waals surface area (Å²) in [6.45, 7) is 2.87. The highest BCUT2D eigenvalue weighted by Gasteiger charge is 2.45. The van der Waals surface area contributed by atoms with E-state index in [2.05, 4.69) is 0 Å². The Morgan fingerprint density at radius 1 is 1.35 bits per heavy atom. The van der Waals surface area contributed by atoms with Crippen LogP contribution in [0.2, 0.25) is 0 Å². The van der Waals surface area contributed by atoms with Gasteiger partial charge in [0.15, 0.2) is 0 Å². The van der Waals surface area contributed by atoms with Crippen LogP contribution >= 0.6 is 11.8 Å². The van der Waals surface area contributed by atoms with Gasteiger partial charge in [0.25, 0.3) is 0 Å². The zero-order valence-electron chi connectivity index (χ0n) is 12.5. The van der Waals surface area contributed by atoms with Crippen molar-refractivity contribution in [3.63, 3.8) is 0 Å². The number of rotatable bonds is 4. The van der Waals surface area contributed by atoms with Crippen molar-refractivity contribution >= 4 is 23.4 Å². The smallest absolute Gasteiger partial charge is 0.424 e. The van der Waals surface area contributed by atoms with E-state index in [9.17, 15) is 22.4 Å². The Labute approximate surface area is 135 Å². The molecule has 1 atom stereocenters. The lowest BCUT2D eigenvalue weighted by Crippen LogP contribution is -2.27. The second-order valence-electron chi connectivity index (χ2n) is 4.80. The number of hydrogen-bond acceptors (Lipinski definition) is 4. The van der Waals surface area contributed by atoms with Crippen LogP contribution in [-0.2, 0) is 9.53 Å². The Morgan fingerprint density at radius 3 is 2.43 bits per heavy atom. The van der Waals surface area contributed by atoms with Crippen LogP contribution in [-0.4, -0.2) is 24.6 Å². The number of esters is 1. The van der Waals surface area contributed by atoms with E-state index in [1.165, 1.54) is 43.0 Å². The number of allylic oxidation sites excluding steroid dienone is 1. The highest BCUT2D eigenvalue weighted by atomic mass is 32.2. The van der Waals surface area contributed by atoms with E-state index >= 15 is 0 Å². The molecular formula is C15H15F4NO2S. The fourth-order valence-corrected chi connectivity index (χ4v) is 3.16. The first-order valence-electron chi connectivity index (χ1n) is 6.88. The lowest BCUT2D eigenvalue weighted by molar-refractivity contribution is -0.139. The van der Waals surface area contributed by atoms with Crippen molar-refractivity contribution in [2.75, 3.05) is 17.4 Å². The molecule has 2 rings (SSSR count). The first kappa shape index (κ1) is 17.7. The highest BCUT2D eigenvalue weighted by molar-refractivity contribution is 8.03. The van der Waals surface area contributed by atoms with Gasteiger partial charge in [0.05, 0.1) is 12.5 Å². The number of hydrogen-bond donors (Lipinski definition) is 0. The fourth-order valence-electron chi connectivity index (χ4n) is 2.13. The van der Waals surface area contributed by atoms with Gasteiger partial charge in [-0.3, -0.25) is 0 Å². The molecule has 1 heterocycles. The van der Waals surface area contributed by atoms with Crippen LogP contribution in [0.5, 0.6) is 0 Å². The molecule has 1 unspecified atom stereocenters. The number of benzene rings is 1. The van der Waals surface area contributed by atoms with Crippen molar-refractivity contribution in [1.29, 1.82) is 0 Å². The molecule has 23 heavy (non-hydrogen) atoms. The predicted octanol–water partition coefficient (Wildman–Crippen LogP) is 4.56. The summed E-state index contributed by atoms with van der Waals surface area (Å²) in [7, 11) is 0. The summed E-state index contributed by atoms with van der Waals surface area (Å²) < 4.78 is 57.3. The molecule has 0 N–H and O–H groups in total. The molecule has 0 saturated carbocycles. The number of carbonyl (C=O) groups is 1. The van der Waals surface area contributed by atoms with Gasteiger partial charge in [-0.15, -0.1) is 0 Å². The SMILES string of the molecule is CCOC(=O)C1=C(C(F)(F)F)SCN1c1ccc(C(C)F)cc1. The van der Waals surface area contributed by atoms with Crippen LogP contribution in [0.1, 0.15) is 25.6 Å². The molecule has 1 aromatic carbocycles. The normalized spacial score (nSPS) is 16.7. The van der Waals surface area contributed by atoms with E-state index in [0.717, 1.165) is 0 Å². The van der Waals surface area contributed by atoms with Crippen LogP contribution in [0.4, 0.5) is 23.2 Å². The van der Waals surface area contributed by atoms with Crippen LogP contribution < -0.4 is 4.90 Å². The first-order valence-corrected chi connectivity index (χ1v) is 7.87. The minimum absolute atomic E-state index is 0.0235. The molecule has 126 valence electrons. The summed E-state index contributed by atoms with van der Waals surface area (Å²) in [6.07, 6.45) is -5.81. The van der Waals surface area contributed by atoms with E-state index in [4.69, 9.17) is 4.74 Å². The number of ether oxygens (including phenoxy) is 1. The van der Waals surface area contributed by atoms with Gasteiger partial charge in [0.1, 0.15) is 16.8 Å². The molecule has 3 nitrogen and oxygen atoms in total. The highest BCUT2D eigenvalue weighted by Crippen LogP contribution is 2.45. The van der Waals surface area contributed by atoms with Gasteiger partial charge < -0.3 is 9.64 Å². The summed E-state index contributed by atoms with van der Waals surface area (Å²) in [5.41, 5.74) is 0.271. The Bertz CT molecular complexity index is 611. The third-order valence-corrected chi connectivity index (χ3v) is 4.31. The Hall–Kier alpha value is -1.70. The van der Waals surface area contributed by atoms with Crippen LogP contribution in [0.3, 0.4) is 0 Å². The van der Waals surface area contributed by atoms with Crippen molar-refractivity contribution < 1.29 is 27.1 Å². The molecule has 0 aliphatic carbocycles. The summed E-state index contributed by atoms with van der Waals surface area (Å²) in [5.74, 6) is -1.08. The minimum atomic E-state index is -4.63. The van der Waals surface area contributed by atoms with E-state index in [-0.39, 0.29) is 12.5 Å². The van der Waals surface area contributed by atoms with Gasteiger partial charge >= 0.3 is 12.1 Å². The molecule has 0 radical (unpaired) electrons. The quantitative estimate of drug-likeness (QED) is 0.588.